The van der Waals surface area contributed by atoms with Gasteiger partial charge in [-0.2, -0.15) is 0 Å². The van der Waals surface area contributed by atoms with Crippen LogP contribution in [-0.4, -0.2) is 23.6 Å². The minimum Gasteiger partial charge on any atom is -0.495 e. The van der Waals surface area contributed by atoms with E-state index in [1.807, 2.05) is 12.1 Å². The van der Waals surface area contributed by atoms with E-state index in [1.165, 1.54) is 11.9 Å². The molecular formula is C19H18ClN5O. The number of fused-ring (bicyclic) bond motifs is 1. The highest BCUT2D eigenvalue weighted by molar-refractivity contribution is 6.31. The zero-order chi connectivity index (χ0) is 18.1. The maximum absolute atomic E-state index is 6.39. The number of aromatic nitrogens is 2. The summed E-state index contributed by atoms with van der Waals surface area (Å²) in [6, 6.07) is 13.6. The third-order valence-corrected chi connectivity index (χ3v) is 4.66. The average molecular weight is 368 g/mol. The molecule has 3 aromatic rings. The van der Waals surface area contributed by atoms with E-state index in [0.29, 0.717) is 33.8 Å². The largest absolute Gasteiger partial charge is 0.495 e. The summed E-state index contributed by atoms with van der Waals surface area (Å²) in [6.07, 6.45) is 2.47. The van der Waals surface area contributed by atoms with Crippen molar-refractivity contribution in [3.05, 3.63) is 59.4 Å². The number of halogens is 1. The number of hydrogen-bond acceptors (Lipinski definition) is 6. The summed E-state index contributed by atoms with van der Waals surface area (Å²) in [5, 5.41) is 3.80. The Morgan fingerprint density at radius 2 is 2.04 bits per heavy atom. The standard InChI is InChI=1S/C19H18ClN5O/c1-26-16-7-6-13(20)10-14(16)24-18-17(21)19(23-11-22-18)25-9-8-12-4-2-3-5-15(12)25/h2-7,10-11H,8-9,21H2,1H3,(H,22,23,24). The summed E-state index contributed by atoms with van der Waals surface area (Å²) < 4.78 is 5.37. The molecule has 0 atom stereocenters. The Morgan fingerprint density at radius 3 is 2.88 bits per heavy atom. The average Bonchev–Trinajstić information content (AvgIpc) is 3.08. The Morgan fingerprint density at radius 1 is 1.19 bits per heavy atom. The van der Waals surface area contributed by atoms with Gasteiger partial charge in [0.1, 0.15) is 17.8 Å². The number of ether oxygens (including phenoxy) is 1. The van der Waals surface area contributed by atoms with Gasteiger partial charge in [-0.15, -0.1) is 0 Å². The molecule has 6 nitrogen and oxygen atoms in total. The summed E-state index contributed by atoms with van der Waals surface area (Å²) in [7, 11) is 1.60. The van der Waals surface area contributed by atoms with Crippen molar-refractivity contribution in [1.82, 2.24) is 9.97 Å². The van der Waals surface area contributed by atoms with Crippen LogP contribution < -0.4 is 20.7 Å². The summed E-state index contributed by atoms with van der Waals surface area (Å²) in [5.41, 5.74) is 9.98. The predicted molar refractivity (Wildman–Crippen MR) is 105 cm³/mol. The molecule has 0 bridgehead atoms. The number of methoxy groups -OCH3 is 1. The second-order valence-corrected chi connectivity index (χ2v) is 6.40. The van der Waals surface area contributed by atoms with E-state index in [1.54, 1.807) is 25.3 Å². The van der Waals surface area contributed by atoms with E-state index in [2.05, 4.69) is 32.3 Å². The lowest BCUT2D eigenvalue weighted by atomic mass is 10.2. The number of hydrogen-bond donors (Lipinski definition) is 2. The first-order valence-corrected chi connectivity index (χ1v) is 8.61. The Hall–Kier alpha value is -2.99. The van der Waals surface area contributed by atoms with Crippen LogP contribution in [0.4, 0.5) is 28.7 Å². The molecule has 2 aromatic carbocycles. The van der Waals surface area contributed by atoms with Crippen molar-refractivity contribution in [2.24, 2.45) is 0 Å². The number of nitrogens with two attached hydrogens (primary N) is 1. The number of nitrogens with zero attached hydrogens (tertiary/aromatic N) is 3. The molecule has 2 heterocycles. The number of nitrogen functional groups attached to an aromatic ring is 1. The van der Waals surface area contributed by atoms with Crippen LogP contribution in [0.15, 0.2) is 48.8 Å². The van der Waals surface area contributed by atoms with Crippen LogP contribution in [0.2, 0.25) is 5.02 Å². The molecule has 1 aliphatic heterocycles. The Labute approximate surface area is 156 Å². The smallest absolute Gasteiger partial charge is 0.161 e. The Kier molecular flexibility index (Phi) is 4.26. The molecule has 0 amide bonds. The minimum atomic E-state index is 0.478. The van der Waals surface area contributed by atoms with Crippen molar-refractivity contribution in [2.75, 3.05) is 29.6 Å². The second-order valence-electron chi connectivity index (χ2n) is 5.96. The molecule has 26 heavy (non-hydrogen) atoms. The molecule has 4 rings (SSSR count). The highest BCUT2D eigenvalue weighted by atomic mass is 35.5. The van der Waals surface area contributed by atoms with Crippen molar-refractivity contribution in [2.45, 2.75) is 6.42 Å². The molecule has 3 N–H and O–H groups in total. The maximum atomic E-state index is 6.39. The van der Waals surface area contributed by atoms with Crippen LogP contribution in [0, 0.1) is 0 Å². The van der Waals surface area contributed by atoms with E-state index in [0.717, 1.165) is 18.7 Å². The fourth-order valence-electron chi connectivity index (χ4n) is 3.16. The third-order valence-electron chi connectivity index (χ3n) is 4.42. The highest BCUT2D eigenvalue weighted by Gasteiger charge is 2.24. The van der Waals surface area contributed by atoms with Crippen molar-refractivity contribution in [3.8, 4) is 5.75 Å². The van der Waals surface area contributed by atoms with Gasteiger partial charge >= 0.3 is 0 Å². The quantitative estimate of drug-likeness (QED) is 0.721. The van der Waals surface area contributed by atoms with Gasteiger partial charge in [-0.1, -0.05) is 29.8 Å². The number of para-hydroxylation sites is 1. The molecule has 1 aromatic heterocycles. The van der Waals surface area contributed by atoms with E-state index in [-0.39, 0.29) is 0 Å². The topological polar surface area (TPSA) is 76.3 Å². The highest BCUT2D eigenvalue weighted by Crippen LogP contribution is 2.39. The summed E-state index contributed by atoms with van der Waals surface area (Å²) in [4.78, 5) is 10.8. The number of nitrogens with one attached hydrogen (secondary N) is 1. The molecule has 1 aliphatic rings. The molecule has 0 spiro atoms. The molecule has 0 saturated carbocycles. The van der Waals surface area contributed by atoms with Gasteiger partial charge in [0.25, 0.3) is 0 Å². The minimum absolute atomic E-state index is 0.478. The van der Waals surface area contributed by atoms with E-state index < -0.39 is 0 Å². The summed E-state index contributed by atoms with van der Waals surface area (Å²) >= 11 is 6.10. The Balaban J connectivity index is 1.71. The normalized spacial score (nSPS) is 12.8. The monoisotopic (exact) mass is 367 g/mol. The lowest BCUT2D eigenvalue weighted by molar-refractivity contribution is 0.417. The van der Waals surface area contributed by atoms with Crippen molar-refractivity contribution in [1.29, 1.82) is 0 Å². The van der Waals surface area contributed by atoms with Crippen LogP contribution in [0.3, 0.4) is 0 Å². The van der Waals surface area contributed by atoms with Gasteiger partial charge in [0, 0.05) is 17.3 Å². The first-order valence-electron chi connectivity index (χ1n) is 8.24. The van der Waals surface area contributed by atoms with E-state index in [4.69, 9.17) is 22.1 Å². The summed E-state index contributed by atoms with van der Waals surface area (Å²) in [5.74, 6) is 1.86. The molecular weight excluding hydrogens is 350 g/mol. The fraction of sp³-hybridized carbons (Fsp3) is 0.158. The lowest BCUT2D eigenvalue weighted by Crippen LogP contribution is -2.17. The van der Waals surface area contributed by atoms with Crippen molar-refractivity contribution < 1.29 is 4.74 Å². The van der Waals surface area contributed by atoms with Crippen LogP contribution in [0.25, 0.3) is 0 Å². The van der Waals surface area contributed by atoms with Crippen LogP contribution in [0.1, 0.15) is 5.56 Å². The third kappa shape index (κ3) is 2.88. The molecule has 0 saturated heterocycles. The van der Waals surface area contributed by atoms with Gasteiger partial charge in [0.15, 0.2) is 11.6 Å². The first kappa shape index (κ1) is 16.5. The Bertz CT molecular complexity index is 962. The SMILES string of the molecule is COc1ccc(Cl)cc1Nc1ncnc(N2CCc3ccccc32)c1N. The van der Waals surface area contributed by atoms with Crippen LogP contribution in [-0.2, 0) is 6.42 Å². The number of anilines is 5. The second kappa shape index (κ2) is 6.72. The molecule has 0 fully saturated rings. The van der Waals surface area contributed by atoms with E-state index in [9.17, 15) is 0 Å². The number of rotatable bonds is 4. The van der Waals surface area contributed by atoms with E-state index >= 15 is 0 Å². The molecule has 132 valence electrons. The lowest BCUT2D eigenvalue weighted by Gasteiger charge is -2.21. The molecule has 7 heteroatoms. The first-order chi connectivity index (χ1) is 12.7. The van der Waals surface area contributed by atoms with Gasteiger partial charge in [-0.3, -0.25) is 0 Å². The van der Waals surface area contributed by atoms with Crippen LogP contribution in [0.5, 0.6) is 5.75 Å². The van der Waals surface area contributed by atoms with Gasteiger partial charge in [-0.05, 0) is 36.2 Å². The van der Waals surface area contributed by atoms with Gasteiger partial charge < -0.3 is 20.7 Å². The molecule has 0 unspecified atom stereocenters. The predicted octanol–water partition coefficient (Wildman–Crippen LogP) is 4.16. The zero-order valence-electron chi connectivity index (χ0n) is 14.2. The fourth-order valence-corrected chi connectivity index (χ4v) is 3.34. The zero-order valence-corrected chi connectivity index (χ0v) is 15.0. The van der Waals surface area contributed by atoms with Gasteiger partial charge in [0.05, 0.1) is 12.8 Å². The van der Waals surface area contributed by atoms with Gasteiger partial charge in [0.2, 0.25) is 0 Å². The summed E-state index contributed by atoms with van der Waals surface area (Å²) in [6.45, 7) is 0.834. The van der Waals surface area contributed by atoms with Gasteiger partial charge in [-0.25, -0.2) is 9.97 Å². The molecule has 0 radical (unpaired) electrons. The maximum Gasteiger partial charge on any atom is 0.161 e. The van der Waals surface area contributed by atoms with Crippen molar-refractivity contribution in [3.63, 3.8) is 0 Å². The molecule has 0 aliphatic carbocycles. The van der Waals surface area contributed by atoms with Crippen molar-refractivity contribution >= 4 is 40.3 Å². The van der Waals surface area contributed by atoms with Crippen LogP contribution >= 0.6 is 11.6 Å². The number of benzene rings is 2.